The summed E-state index contributed by atoms with van der Waals surface area (Å²) < 4.78 is 6.04. The Morgan fingerprint density at radius 1 is 1.25 bits per heavy atom. The van der Waals surface area contributed by atoms with Crippen molar-refractivity contribution in [2.24, 2.45) is 11.8 Å². The minimum atomic E-state index is 0.181. The van der Waals surface area contributed by atoms with Gasteiger partial charge in [-0.1, -0.05) is 0 Å². The van der Waals surface area contributed by atoms with Crippen LogP contribution in [-0.4, -0.2) is 52.5 Å². The van der Waals surface area contributed by atoms with E-state index in [0.29, 0.717) is 17.8 Å². The Bertz CT molecular complexity index is 665. The van der Waals surface area contributed by atoms with Gasteiger partial charge in [-0.05, 0) is 37.5 Å². The third-order valence-electron chi connectivity index (χ3n) is 4.94. The van der Waals surface area contributed by atoms with Crippen molar-refractivity contribution in [2.45, 2.75) is 19.4 Å². The fraction of sp³-hybridized carbons (Fsp3) is 0.529. The van der Waals surface area contributed by atoms with Crippen LogP contribution in [0.25, 0.3) is 0 Å². The van der Waals surface area contributed by atoms with Gasteiger partial charge in [0.15, 0.2) is 5.82 Å². The molecule has 3 atom stereocenters. The van der Waals surface area contributed by atoms with Crippen LogP contribution in [0.3, 0.4) is 0 Å². The zero-order valence-corrected chi connectivity index (χ0v) is 13.8. The zero-order valence-electron chi connectivity index (χ0n) is 13.8. The number of ether oxygens (including phenoxy) is 1. The second-order valence-corrected chi connectivity index (χ2v) is 6.52. The lowest BCUT2D eigenvalue weighted by Gasteiger charge is -2.36. The molecule has 0 amide bonds. The maximum Gasteiger partial charge on any atom is 0.222 e. The van der Waals surface area contributed by atoms with Crippen LogP contribution in [0.1, 0.15) is 12.1 Å². The van der Waals surface area contributed by atoms with E-state index < -0.39 is 0 Å². The molecule has 4 rings (SSSR count). The number of nitrogens with one attached hydrogen (secondary N) is 1. The predicted molar refractivity (Wildman–Crippen MR) is 90.8 cm³/mol. The highest BCUT2D eigenvalue weighted by Gasteiger charge is 2.41. The van der Waals surface area contributed by atoms with Crippen molar-refractivity contribution < 1.29 is 4.74 Å². The minimum absolute atomic E-state index is 0.181. The Morgan fingerprint density at radius 2 is 2.12 bits per heavy atom. The number of nitrogens with zero attached hydrogens (tertiary/aromatic N) is 5. The summed E-state index contributed by atoms with van der Waals surface area (Å²) in [7, 11) is 0. The van der Waals surface area contributed by atoms with E-state index in [9.17, 15) is 0 Å². The summed E-state index contributed by atoms with van der Waals surface area (Å²) in [6.07, 6.45) is 4.80. The SMILES string of the molecule is Cc1ccc(N2CC[C@H]3CO[C@H](CNc4ncccn4)[C@H]3C2)nn1. The predicted octanol–water partition coefficient (Wildman–Crippen LogP) is 1.53. The molecule has 2 aliphatic rings. The molecule has 0 saturated carbocycles. The number of hydrogen-bond acceptors (Lipinski definition) is 7. The molecule has 0 radical (unpaired) electrons. The quantitative estimate of drug-likeness (QED) is 0.913. The highest BCUT2D eigenvalue weighted by atomic mass is 16.5. The Morgan fingerprint density at radius 3 is 2.92 bits per heavy atom. The van der Waals surface area contributed by atoms with Gasteiger partial charge in [-0.2, -0.15) is 5.10 Å². The molecule has 0 unspecified atom stereocenters. The maximum atomic E-state index is 6.04. The fourth-order valence-corrected chi connectivity index (χ4v) is 3.59. The smallest absolute Gasteiger partial charge is 0.222 e. The second-order valence-electron chi connectivity index (χ2n) is 6.52. The zero-order chi connectivity index (χ0) is 16.4. The van der Waals surface area contributed by atoms with Gasteiger partial charge >= 0.3 is 0 Å². The Labute approximate surface area is 141 Å². The van der Waals surface area contributed by atoms with Crippen molar-refractivity contribution in [3.05, 3.63) is 36.3 Å². The van der Waals surface area contributed by atoms with Crippen molar-refractivity contribution in [3.8, 4) is 0 Å². The molecule has 0 bridgehead atoms. The van der Waals surface area contributed by atoms with E-state index in [2.05, 4.69) is 36.4 Å². The molecular formula is C17H22N6O. The standard InChI is InChI=1S/C17H22N6O/c1-12-3-4-16(22-21-12)23-8-5-13-11-24-15(14(13)10-23)9-20-17-18-6-2-7-19-17/h2-4,6-7,13-15H,5,8-11H2,1H3,(H,18,19,20)/t13-,14-,15+/m0/s1. The summed E-state index contributed by atoms with van der Waals surface area (Å²) in [5, 5.41) is 11.8. The molecule has 2 aromatic rings. The molecule has 0 aliphatic carbocycles. The Hall–Kier alpha value is -2.28. The number of hydrogen-bond donors (Lipinski definition) is 1. The van der Waals surface area contributed by atoms with Crippen molar-refractivity contribution in [3.63, 3.8) is 0 Å². The number of fused-ring (bicyclic) bond motifs is 1. The lowest BCUT2D eigenvalue weighted by Crippen LogP contribution is -2.44. The van der Waals surface area contributed by atoms with Gasteiger partial charge in [0.1, 0.15) is 0 Å². The Kier molecular flexibility index (Phi) is 4.25. The summed E-state index contributed by atoms with van der Waals surface area (Å²) in [5.41, 5.74) is 0.947. The van der Waals surface area contributed by atoms with E-state index in [1.54, 1.807) is 12.4 Å². The number of rotatable bonds is 4. The highest BCUT2D eigenvalue weighted by Crippen LogP contribution is 2.35. The van der Waals surface area contributed by atoms with Crippen LogP contribution in [0.5, 0.6) is 0 Å². The van der Waals surface area contributed by atoms with Crippen molar-refractivity contribution in [1.82, 2.24) is 20.2 Å². The van der Waals surface area contributed by atoms with Gasteiger partial charge < -0.3 is 15.0 Å². The van der Waals surface area contributed by atoms with E-state index in [0.717, 1.165) is 44.2 Å². The van der Waals surface area contributed by atoms with Crippen molar-refractivity contribution >= 4 is 11.8 Å². The second kappa shape index (κ2) is 6.68. The molecule has 2 aliphatic heterocycles. The van der Waals surface area contributed by atoms with Crippen molar-refractivity contribution in [1.29, 1.82) is 0 Å². The molecule has 2 fully saturated rings. The van der Waals surface area contributed by atoms with E-state index >= 15 is 0 Å². The maximum absolute atomic E-state index is 6.04. The molecule has 2 saturated heterocycles. The molecule has 24 heavy (non-hydrogen) atoms. The molecule has 126 valence electrons. The highest BCUT2D eigenvalue weighted by molar-refractivity contribution is 5.38. The topological polar surface area (TPSA) is 76.1 Å². The molecule has 4 heterocycles. The first-order valence-corrected chi connectivity index (χ1v) is 8.47. The largest absolute Gasteiger partial charge is 0.376 e. The lowest BCUT2D eigenvalue weighted by molar-refractivity contribution is 0.102. The van der Waals surface area contributed by atoms with Crippen LogP contribution in [0, 0.1) is 18.8 Å². The van der Waals surface area contributed by atoms with Crippen LogP contribution in [0.4, 0.5) is 11.8 Å². The molecule has 7 heteroatoms. The van der Waals surface area contributed by atoms with E-state index in [4.69, 9.17) is 4.74 Å². The number of aryl methyl sites for hydroxylation is 1. The first-order valence-electron chi connectivity index (χ1n) is 8.47. The fourth-order valence-electron chi connectivity index (χ4n) is 3.59. The van der Waals surface area contributed by atoms with Gasteiger partial charge in [0, 0.05) is 37.9 Å². The molecular weight excluding hydrogens is 304 g/mol. The van der Waals surface area contributed by atoms with E-state index in [1.807, 2.05) is 19.1 Å². The number of aromatic nitrogens is 4. The van der Waals surface area contributed by atoms with Gasteiger partial charge in [-0.15, -0.1) is 5.10 Å². The number of anilines is 2. The average Bonchev–Trinajstić information content (AvgIpc) is 3.04. The monoisotopic (exact) mass is 326 g/mol. The van der Waals surface area contributed by atoms with Gasteiger partial charge in [-0.3, -0.25) is 0 Å². The third kappa shape index (κ3) is 3.17. The van der Waals surface area contributed by atoms with Crippen LogP contribution in [0.2, 0.25) is 0 Å². The van der Waals surface area contributed by atoms with Crippen LogP contribution in [-0.2, 0) is 4.74 Å². The van der Waals surface area contributed by atoms with Crippen LogP contribution >= 0.6 is 0 Å². The Balaban J connectivity index is 1.40. The van der Waals surface area contributed by atoms with Gasteiger partial charge in [0.2, 0.25) is 5.95 Å². The minimum Gasteiger partial charge on any atom is -0.376 e. The molecule has 0 spiro atoms. The molecule has 2 aromatic heterocycles. The van der Waals surface area contributed by atoms with Crippen molar-refractivity contribution in [2.75, 3.05) is 36.5 Å². The van der Waals surface area contributed by atoms with Crippen LogP contribution in [0.15, 0.2) is 30.6 Å². The summed E-state index contributed by atoms with van der Waals surface area (Å²) in [6.45, 7) is 5.52. The number of piperidine rings is 1. The average molecular weight is 326 g/mol. The summed E-state index contributed by atoms with van der Waals surface area (Å²) >= 11 is 0. The van der Waals surface area contributed by atoms with Gasteiger partial charge in [0.25, 0.3) is 0 Å². The van der Waals surface area contributed by atoms with Gasteiger partial charge in [-0.25, -0.2) is 9.97 Å². The molecule has 0 aromatic carbocycles. The molecule has 7 nitrogen and oxygen atoms in total. The first-order chi connectivity index (χ1) is 11.8. The summed E-state index contributed by atoms with van der Waals surface area (Å²) in [5.74, 6) is 2.74. The summed E-state index contributed by atoms with van der Waals surface area (Å²) in [4.78, 5) is 10.7. The normalized spacial score (nSPS) is 26.2. The summed E-state index contributed by atoms with van der Waals surface area (Å²) in [6, 6.07) is 5.89. The van der Waals surface area contributed by atoms with E-state index in [1.165, 1.54) is 0 Å². The lowest BCUT2D eigenvalue weighted by atomic mass is 9.84. The molecule has 1 N–H and O–H groups in total. The first kappa shape index (κ1) is 15.3. The van der Waals surface area contributed by atoms with Crippen LogP contribution < -0.4 is 10.2 Å². The third-order valence-corrected chi connectivity index (χ3v) is 4.94. The van der Waals surface area contributed by atoms with Gasteiger partial charge in [0.05, 0.1) is 18.4 Å². The van der Waals surface area contributed by atoms with E-state index in [-0.39, 0.29) is 6.10 Å².